The Morgan fingerprint density at radius 1 is 1.04 bits per heavy atom. The fourth-order valence-corrected chi connectivity index (χ4v) is 3.99. The normalized spacial score (nSPS) is 15.3. The van der Waals surface area contributed by atoms with Crippen molar-refractivity contribution in [2.24, 2.45) is 7.05 Å². The minimum Gasteiger partial charge on any atom is -0.369 e. The summed E-state index contributed by atoms with van der Waals surface area (Å²) in [5.41, 5.74) is 2.24. The van der Waals surface area contributed by atoms with Crippen LogP contribution in [0.3, 0.4) is 0 Å². The van der Waals surface area contributed by atoms with E-state index in [1.54, 1.807) is 30.5 Å². The third-order valence-electron chi connectivity index (χ3n) is 5.08. The van der Waals surface area contributed by atoms with Crippen LogP contribution in [-0.2, 0) is 7.05 Å². The zero-order valence-corrected chi connectivity index (χ0v) is 16.4. The van der Waals surface area contributed by atoms with E-state index in [0.717, 1.165) is 25.9 Å². The molecule has 0 spiro atoms. The molecule has 2 aromatic heterocycles. The van der Waals surface area contributed by atoms with E-state index in [4.69, 9.17) is 23.2 Å². The summed E-state index contributed by atoms with van der Waals surface area (Å²) in [5.74, 6) is 0.468. The minimum absolute atomic E-state index is 0.193. The predicted molar refractivity (Wildman–Crippen MR) is 107 cm³/mol. The molecule has 0 bridgehead atoms. The Labute approximate surface area is 166 Å². The third-order valence-corrected chi connectivity index (χ3v) is 5.69. The molecule has 3 heterocycles. The van der Waals surface area contributed by atoms with E-state index in [-0.39, 0.29) is 10.6 Å². The van der Waals surface area contributed by atoms with Crippen LogP contribution < -0.4 is 10.5 Å². The Morgan fingerprint density at radius 2 is 1.74 bits per heavy atom. The van der Waals surface area contributed by atoms with E-state index < -0.39 is 0 Å². The second-order valence-corrected chi connectivity index (χ2v) is 7.49. The van der Waals surface area contributed by atoms with Crippen LogP contribution in [0.25, 0.3) is 5.69 Å². The first kappa shape index (κ1) is 18.1. The van der Waals surface area contributed by atoms with Gasteiger partial charge in [0.05, 0.1) is 17.6 Å². The maximum atomic E-state index is 12.7. The van der Waals surface area contributed by atoms with Crippen molar-refractivity contribution in [2.45, 2.75) is 18.8 Å². The first-order chi connectivity index (χ1) is 13.0. The smallest absolute Gasteiger partial charge is 0.292 e. The Morgan fingerprint density at radius 3 is 2.37 bits per heavy atom. The Hall–Kier alpha value is -2.31. The number of rotatable bonds is 3. The van der Waals surface area contributed by atoms with E-state index in [0.29, 0.717) is 22.3 Å². The van der Waals surface area contributed by atoms with Crippen molar-refractivity contribution >= 4 is 28.9 Å². The molecule has 1 saturated heterocycles. The molecule has 6 nitrogen and oxygen atoms in total. The van der Waals surface area contributed by atoms with E-state index in [9.17, 15) is 4.79 Å². The summed E-state index contributed by atoms with van der Waals surface area (Å²) in [6.07, 6.45) is 5.47. The average Bonchev–Trinajstić information content (AvgIpc) is 3.11. The summed E-state index contributed by atoms with van der Waals surface area (Å²) in [4.78, 5) is 14.8. The number of aryl methyl sites for hydroxylation is 1. The predicted octanol–water partition coefficient (Wildman–Crippen LogP) is 3.66. The molecule has 0 aliphatic carbocycles. The molecule has 1 aromatic carbocycles. The van der Waals surface area contributed by atoms with Gasteiger partial charge in [0.2, 0.25) is 0 Å². The fraction of sp³-hybridized carbons (Fsp3) is 0.316. The highest BCUT2D eigenvalue weighted by atomic mass is 35.5. The lowest BCUT2D eigenvalue weighted by Gasteiger charge is -2.33. The maximum Gasteiger partial charge on any atom is 0.292 e. The van der Waals surface area contributed by atoms with Gasteiger partial charge >= 0.3 is 0 Å². The Kier molecular flexibility index (Phi) is 4.93. The number of benzene rings is 1. The van der Waals surface area contributed by atoms with Crippen LogP contribution >= 0.6 is 23.2 Å². The van der Waals surface area contributed by atoms with Gasteiger partial charge in [-0.15, -0.1) is 0 Å². The van der Waals surface area contributed by atoms with Crippen molar-refractivity contribution in [3.05, 3.63) is 68.8 Å². The summed E-state index contributed by atoms with van der Waals surface area (Å²) in [7, 11) is 1.97. The van der Waals surface area contributed by atoms with Crippen molar-refractivity contribution in [2.75, 3.05) is 18.0 Å². The molecule has 1 fully saturated rings. The molecule has 0 saturated carbocycles. The lowest BCUT2D eigenvalue weighted by molar-refractivity contribution is 0.477. The Bertz CT molecular complexity index is 1000. The molecule has 140 valence electrons. The maximum absolute atomic E-state index is 12.7. The van der Waals surface area contributed by atoms with Crippen molar-refractivity contribution < 1.29 is 0 Å². The van der Waals surface area contributed by atoms with Crippen LogP contribution in [-0.4, -0.2) is 32.7 Å². The number of hydrogen-bond donors (Lipinski definition) is 0. The van der Waals surface area contributed by atoms with Crippen LogP contribution in [0.15, 0.2) is 47.5 Å². The molecule has 4 rings (SSSR count). The van der Waals surface area contributed by atoms with E-state index >= 15 is 0 Å². The van der Waals surface area contributed by atoms with Gasteiger partial charge in [-0.2, -0.15) is 14.9 Å². The van der Waals surface area contributed by atoms with Gasteiger partial charge in [-0.1, -0.05) is 23.2 Å². The lowest BCUT2D eigenvalue weighted by Crippen LogP contribution is -2.35. The SMILES string of the molecule is Cn1nccc1C1CCN(c2cnn(-c3ccc(Cl)cc3)c(=O)c2Cl)CC1. The number of halogens is 2. The molecule has 1 aliphatic heterocycles. The third kappa shape index (κ3) is 3.47. The molecule has 8 heteroatoms. The molecule has 0 unspecified atom stereocenters. The summed E-state index contributed by atoms with van der Waals surface area (Å²) in [6, 6.07) is 8.99. The van der Waals surface area contributed by atoms with Gasteiger partial charge in [0.25, 0.3) is 5.56 Å². The molecule has 1 aliphatic rings. The standard InChI is InChI=1S/C19H19Cl2N5O/c1-24-16(6-9-22-24)13-7-10-25(11-8-13)17-12-23-26(19(27)18(17)21)15-4-2-14(20)3-5-15/h2-6,9,12-13H,7-8,10-11H2,1H3. The number of hydrogen-bond acceptors (Lipinski definition) is 4. The zero-order valence-electron chi connectivity index (χ0n) is 14.8. The lowest BCUT2D eigenvalue weighted by atomic mass is 9.93. The van der Waals surface area contributed by atoms with Gasteiger partial charge in [0.15, 0.2) is 0 Å². The van der Waals surface area contributed by atoms with Gasteiger partial charge in [0, 0.05) is 43.0 Å². The number of aromatic nitrogens is 4. The van der Waals surface area contributed by atoms with E-state index in [1.165, 1.54) is 10.4 Å². The molecule has 0 N–H and O–H groups in total. The van der Waals surface area contributed by atoms with Gasteiger partial charge in [-0.25, -0.2) is 0 Å². The second kappa shape index (κ2) is 7.37. The number of piperidine rings is 1. The largest absolute Gasteiger partial charge is 0.369 e. The van der Waals surface area contributed by atoms with Gasteiger partial charge in [-0.05, 0) is 43.2 Å². The molecule has 0 amide bonds. The Balaban J connectivity index is 1.55. The highest BCUT2D eigenvalue weighted by Gasteiger charge is 2.25. The molecule has 3 aromatic rings. The quantitative estimate of drug-likeness (QED) is 0.669. The van der Waals surface area contributed by atoms with Gasteiger partial charge in [0.1, 0.15) is 5.02 Å². The molecule has 27 heavy (non-hydrogen) atoms. The first-order valence-electron chi connectivity index (χ1n) is 8.81. The van der Waals surface area contributed by atoms with Gasteiger partial charge in [-0.3, -0.25) is 9.48 Å². The van der Waals surface area contributed by atoms with Crippen molar-refractivity contribution in [3.63, 3.8) is 0 Å². The topological polar surface area (TPSA) is 56.0 Å². The van der Waals surface area contributed by atoms with E-state index in [2.05, 4.69) is 21.2 Å². The monoisotopic (exact) mass is 403 g/mol. The van der Waals surface area contributed by atoms with Crippen molar-refractivity contribution in [3.8, 4) is 5.69 Å². The number of nitrogens with zero attached hydrogens (tertiary/aromatic N) is 5. The van der Waals surface area contributed by atoms with Crippen LogP contribution in [0, 0.1) is 0 Å². The molecule has 0 radical (unpaired) electrons. The second-order valence-electron chi connectivity index (χ2n) is 6.68. The summed E-state index contributed by atoms with van der Waals surface area (Å²) in [5, 5.41) is 9.37. The minimum atomic E-state index is -0.328. The number of anilines is 1. The summed E-state index contributed by atoms with van der Waals surface area (Å²) in [6.45, 7) is 1.64. The molecule has 0 atom stereocenters. The van der Waals surface area contributed by atoms with Crippen LogP contribution in [0.2, 0.25) is 10.0 Å². The van der Waals surface area contributed by atoms with Crippen LogP contribution in [0.1, 0.15) is 24.5 Å². The van der Waals surface area contributed by atoms with E-state index in [1.807, 2.05) is 17.9 Å². The summed E-state index contributed by atoms with van der Waals surface area (Å²) >= 11 is 12.3. The first-order valence-corrected chi connectivity index (χ1v) is 9.57. The average molecular weight is 404 g/mol. The van der Waals surface area contributed by atoms with Crippen molar-refractivity contribution in [1.29, 1.82) is 0 Å². The van der Waals surface area contributed by atoms with Crippen molar-refractivity contribution in [1.82, 2.24) is 19.6 Å². The highest BCUT2D eigenvalue weighted by molar-refractivity contribution is 6.33. The highest BCUT2D eigenvalue weighted by Crippen LogP contribution is 2.31. The zero-order chi connectivity index (χ0) is 19.0. The molecular weight excluding hydrogens is 385 g/mol. The van der Waals surface area contributed by atoms with Crippen LogP contribution in [0.4, 0.5) is 5.69 Å². The summed E-state index contributed by atoms with van der Waals surface area (Å²) < 4.78 is 3.23. The fourth-order valence-electron chi connectivity index (χ4n) is 3.61. The van der Waals surface area contributed by atoms with Gasteiger partial charge < -0.3 is 4.90 Å². The van der Waals surface area contributed by atoms with Crippen LogP contribution in [0.5, 0.6) is 0 Å². The molecular formula is C19H19Cl2N5O.